The summed E-state index contributed by atoms with van der Waals surface area (Å²) in [6.45, 7) is -0.0850. The van der Waals surface area contributed by atoms with Crippen molar-refractivity contribution in [3.63, 3.8) is 0 Å². The molecule has 0 radical (unpaired) electrons. The zero-order chi connectivity index (χ0) is 16.5. The second-order valence-corrected chi connectivity index (χ2v) is 5.94. The van der Waals surface area contributed by atoms with Gasteiger partial charge in [0.05, 0.1) is 12.2 Å². The van der Waals surface area contributed by atoms with Crippen molar-refractivity contribution in [1.29, 1.82) is 0 Å². The van der Waals surface area contributed by atoms with Crippen LogP contribution in [0.3, 0.4) is 0 Å². The molecule has 1 aliphatic rings. The first-order valence-corrected chi connectivity index (χ1v) is 7.32. The number of carbonyl (C=O) groups is 1. The standard InChI is InChI=1S/C10H10F3N3O5S/c11-10(12,13)22(19,20)21-8-14-4-6-2-1-3-16(9(17)18)5-7(6)15-8/h4H,1-3,5H2,(H,17,18)/p-1. The van der Waals surface area contributed by atoms with E-state index in [1.165, 1.54) is 0 Å². The van der Waals surface area contributed by atoms with Crippen molar-refractivity contribution >= 4 is 16.2 Å². The maximum absolute atomic E-state index is 12.2. The maximum atomic E-state index is 12.2. The third-order valence-corrected chi connectivity index (χ3v) is 3.81. The summed E-state index contributed by atoms with van der Waals surface area (Å²) in [5, 5.41) is 10.9. The number of alkyl halides is 3. The Morgan fingerprint density at radius 1 is 1.41 bits per heavy atom. The maximum Gasteiger partial charge on any atom is 0.534 e. The molecule has 1 aliphatic heterocycles. The molecular weight excluding hydrogens is 331 g/mol. The highest BCUT2D eigenvalue weighted by atomic mass is 32.2. The molecule has 0 N–H and O–H groups in total. The van der Waals surface area contributed by atoms with Crippen LogP contribution in [0.2, 0.25) is 0 Å². The van der Waals surface area contributed by atoms with Crippen molar-refractivity contribution < 1.29 is 35.7 Å². The first kappa shape index (κ1) is 16.3. The molecule has 0 aromatic carbocycles. The predicted molar refractivity (Wildman–Crippen MR) is 61.8 cm³/mol. The van der Waals surface area contributed by atoms with Crippen LogP contribution in [0.15, 0.2) is 6.20 Å². The molecule has 0 spiro atoms. The predicted octanol–water partition coefficient (Wildman–Crippen LogP) is -0.203. The molecule has 1 aromatic rings. The summed E-state index contributed by atoms with van der Waals surface area (Å²) in [5.41, 5.74) is -5.04. The van der Waals surface area contributed by atoms with Crippen molar-refractivity contribution in [2.24, 2.45) is 0 Å². The minimum Gasteiger partial charge on any atom is -0.530 e. The Hall–Kier alpha value is -2.11. The van der Waals surface area contributed by atoms with Crippen LogP contribution in [0, 0.1) is 0 Å². The Bertz CT molecular complexity index is 692. The second kappa shape index (κ2) is 5.59. The number of hydrogen-bond donors (Lipinski definition) is 0. The lowest BCUT2D eigenvalue weighted by Crippen LogP contribution is -2.40. The number of amides is 1. The molecule has 0 unspecified atom stereocenters. The number of aromatic nitrogens is 2. The molecular formula is C10H9F3N3O5S-. The molecule has 2 rings (SSSR count). The summed E-state index contributed by atoms with van der Waals surface area (Å²) in [6, 6.07) is -1.02. The van der Waals surface area contributed by atoms with E-state index in [2.05, 4.69) is 14.2 Å². The third kappa shape index (κ3) is 3.37. The molecule has 122 valence electrons. The van der Waals surface area contributed by atoms with Crippen LogP contribution in [-0.4, -0.2) is 41.4 Å². The highest BCUT2D eigenvalue weighted by Crippen LogP contribution is 2.26. The monoisotopic (exact) mass is 340 g/mol. The van der Waals surface area contributed by atoms with E-state index in [0.717, 1.165) is 11.1 Å². The number of carbonyl (C=O) groups excluding carboxylic acids is 1. The summed E-state index contributed by atoms with van der Waals surface area (Å²) in [4.78, 5) is 18.7. The van der Waals surface area contributed by atoms with Crippen LogP contribution in [0.4, 0.5) is 18.0 Å². The van der Waals surface area contributed by atoms with E-state index in [4.69, 9.17) is 0 Å². The second-order valence-electron chi connectivity index (χ2n) is 4.40. The Labute approximate surface area is 122 Å². The Morgan fingerprint density at radius 3 is 2.68 bits per heavy atom. The van der Waals surface area contributed by atoms with Gasteiger partial charge in [0.1, 0.15) is 6.09 Å². The van der Waals surface area contributed by atoms with Crippen molar-refractivity contribution in [1.82, 2.24) is 14.9 Å². The summed E-state index contributed by atoms with van der Waals surface area (Å²) in [6.07, 6.45) is 0.496. The van der Waals surface area contributed by atoms with Crippen LogP contribution < -0.4 is 9.29 Å². The van der Waals surface area contributed by atoms with E-state index in [-0.39, 0.29) is 18.8 Å². The van der Waals surface area contributed by atoms with Gasteiger partial charge in [0.15, 0.2) is 0 Å². The smallest absolute Gasteiger partial charge is 0.530 e. The van der Waals surface area contributed by atoms with Gasteiger partial charge in [0, 0.05) is 12.7 Å². The van der Waals surface area contributed by atoms with E-state index >= 15 is 0 Å². The van der Waals surface area contributed by atoms with E-state index in [1.54, 1.807) is 0 Å². The van der Waals surface area contributed by atoms with Gasteiger partial charge in [-0.05, 0) is 18.4 Å². The topological polar surface area (TPSA) is 113 Å². The first-order valence-electron chi connectivity index (χ1n) is 5.91. The molecule has 0 bridgehead atoms. The van der Waals surface area contributed by atoms with Crippen LogP contribution in [0.25, 0.3) is 0 Å². The molecule has 0 saturated carbocycles. The minimum atomic E-state index is -5.88. The molecule has 0 aliphatic carbocycles. The van der Waals surface area contributed by atoms with Gasteiger partial charge >= 0.3 is 21.6 Å². The zero-order valence-corrected chi connectivity index (χ0v) is 11.6. The molecule has 0 fully saturated rings. The molecule has 2 heterocycles. The fourth-order valence-corrected chi connectivity index (χ4v) is 2.20. The van der Waals surface area contributed by atoms with E-state index in [1.807, 2.05) is 0 Å². The first-order chi connectivity index (χ1) is 10.1. The normalized spacial score (nSPS) is 15.9. The number of rotatable bonds is 2. The third-order valence-electron chi connectivity index (χ3n) is 2.87. The van der Waals surface area contributed by atoms with Gasteiger partial charge in [-0.1, -0.05) is 0 Å². The minimum absolute atomic E-state index is 0.0732. The molecule has 0 atom stereocenters. The Balaban J connectivity index is 2.30. The lowest BCUT2D eigenvalue weighted by Gasteiger charge is -2.22. The molecule has 12 heteroatoms. The van der Waals surface area contributed by atoms with Gasteiger partial charge in [-0.2, -0.15) is 26.6 Å². The van der Waals surface area contributed by atoms with Crippen LogP contribution in [0.1, 0.15) is 17.7 Å². The average molecular weight is 340 g/mol. The number of fused-ring (bicyclic) bond motifs is 1. The van der Waals surface area contributed by atoms with E-state index in [0.29, 0.717) is 18.4 Å². The van der Waals surface area contributed by atoms with E-state index < -0.39 is 27.7 Å². The SMILES string of the molecule is O=C([O-])N1CCCc2cnc(OS(=O)(=O)C(F)(F)F)nc2C1. The van der Waals surface area contributed by atoms with Crippen molar-refractivity contribution in [3.05, 3.63) is 17.5 Å². The van der Waals surface area contributed by atoms with Gasteiger partial charge in [-0.15, -0.1) is 0 Å². The fourth-order valence-electron chi connectivity index (χ4n) is 1.83. The number of halogens is 3. The quantitative estimate of drug-likeness (QED) is 0.541. The molecule has 22 heavy (non-hydrogen) atoms. The van der Waals surface area contributed by atoms with Crippen molar-refractivity contribution in [2.45, 2.75) is 24.9 Å². The van der Waals surface area contributed by atoms with E-state index in [9.17, 15) is 31.5 Å². The highest BCUT2D eigenvalue weighted by Gasteiger charge is 2.49. The van der Waals surface area contributed by atoms with Gasteiger partial charge < -0.3 is 19.0 Å². The fraction of sp³-hybridized carbons (Fsp3) is 0.500. The van der Waals surface area contributed by atoms with Crippen LogP contribution >= 0.6 is 0 Å². The van der Waals surface area contributed by atoms with Gasteiger partial charge in [-0.25, -0.2) is 4.98 Å². The highest BCUT2D eigenvalue weighted by molar-refractivity contribution is 7.87. The zero-order valence-electron chi connectivity index (χ0n) is 10.8. The lowest BCUT2D eigenvalue weighted by atomic mass is 10.1. The number of nitrogens with zero attached hydrogens (tertiary/aromatic N) is 3. The number of aryl methyl sites for hydroxylation is 1. The number of carboxylic acid groups (broad SMARTS) is 1. The largest absolute Gasteiger partial charge is 0.534 e. The average Bonchev–Trinajstić information content (AvgIpc) is 2.58. The number of hydrogen-bond acceptors (Lipinski definition) is 7. The van der Waals surface area contributed by atoms with Crippen LogP contribution in [0.5, 0.6) is 6.01 Å². The summed E-state index contributed by atoms with van der Waals surface area (Å²) in [5.74, 6) is 0. The lowest BCUT2D eigenvalue weighted by molar-refractivity contribution is -0.266. The summed E-state index contributed by atoms with van der Waals surface area (Å²) in [7, 11) is -5.88. The Kier molecular flexibility index (Phi) is 4.13. The Morgan fingerprint density at radius 2 is 2.09 bits per heavy atom. The van der Waals surface area contributed by atoms with Crippen LogP contribution in [-0.2, 0) is 23.1 Å². The summed E-state index contributed by atoms with van der Waals surface area (Å²) >= 11 is 0. The van der Waals surface area contributed by atoms with Gasteiger partial charge in [0.25, 0.3) is 0 Å². The van der Waals surface area contributed by atoms with Crippen molar-refractivity contribution in [2.75, 3.05) is 6.54 Å². The molecule has 8 nitrogen and oxygen atoms in total. The molecule has 1 aromatic heterocycles. The molecule has 0 saturated heterocycles. The molecule has 1 amide bonds. The van der Waals surface area contributed by atoms with Crippen molar-refractivity contribution in [3.8, 4) is 6.01 Å². The van der Waals surface area contributed by atoms with Gasteiger partial charge in [-0.3, -0.25) is 0 Å². The summed E-state index contributed by atoms with van der Waals surface area (Å²) < 4.78 is 62.3. The van der Waals surface area contributed by atoms with Gasteiger partial charge in [0.2, 0.25) is 0 Å².